The zero-order valence-electron chi connectivity index (χ0n) is 31.1. The van der Waals surface area contributed by atoms with Crippen molar-refractivity contribution in [1.29, 1.82) is 0 Å². The van der Waals surface area contributed by atoms with Gasteiger partial charge in [-0.25, -0.2) is 9.78 Å². The van der Waals surface area contributed by atoms with Crippen LogP contribution in [0.2, 0.25) is 0 Å². The van der Waals surface area contributed by atoms with Crippen LogP contribution in [0.1, 0.15) is 130 Å². The number of nitrogens with zero attached hydrogens (tertiary/aromatic N) is 2. The van der Waals surface area contributed by atoms with Crippen LogP contribution in [0.3, 0.4) is 0 Å². The molecular weight excluding hydrogens is 624 g/mol. The number of para-hydroxylation sites is 1. The molecule has 1 aliphatic rings. The number of hydrogen-bond acceptors (Lipinski definition) is 7. The first-order valence-electron chi connectivity index (χ1n) is 19.5. The molecule has 3 aromatic rings. The highest BCUT2D eigenvalue weighted by Crippen LogP contribution is 2.35. The number of benzene rings is 2. The Morgan fingerprint density at radius 1 is 0.800 bits per heavy atom. The number of rotatable bonds is 25. The second-order valence-corrected chi connectivity index (χ2v) is 13.4. The predicted octanol–water partition coefficient (Wildman–Crippen LogP) is 9.71. The van der Waals surface area contributed by atoms with Gasteiger partial charge in [0.1, 0.15) is 11.4 Å². The first-order chi connectivity index (χ1) is 24.6. The van der Waals surface area contributed by atoms with Crippen molar-refractivity contribution in [2.45, 2.75) is 123 Å². The lowest BCUT2D eigenvalue weighted by molar-refractivity contribution is -0.144. The average molecular weight is 687 g/mol. The molecule has 0 saturated heterocycles. The van der Waals surface area contributed by atoms with Crippen LogP contribution in [0.5, 0.6) is 5.75 Å². The zero-order valence-corrected chi connectivity index (χ0v) is 31.1. The molecule has 7 nitrogen and oxygen atoms in total. The van der Waals surface area contributed by atoms with E-state index >= 15 is 0 Å². The van der Waals surface area contributed by atoms with Gasteiger partial charge >= 0.3 is 5.97 Å². The summed E-state index contributed by atoms with van der Waals surface area (Å²) in [7, 11) is 0. The molecule has 7 heteroatoms. The minimum atomic E-state index is -0.345. The number of aromatic nitrogens is 1. The number of esters is 1. The van der Waals surface area contributed by atoms with Gasteiger partial charge in [0, 0.05) is 31.5 Å². The van der Waals surface area contributed by atoms with E-state index in [1.807, 2.05) is 19.9 Å². The molecule has 0 amide bonds. The van der Waals surface area contributed by atoms with Crippen LogP contribution in [-0.4, -0.2) is 61.7 Å². The molecule has 274 valence electrons. The van der Waals surface area contributed by atoms with E-state index < -0.39 is 0 Å². The average Bonchev–Trinajstić information content (AvgIpc) is 3.15. The molecule has 0 radical (unpaired) electrons. The van der Waals surface area contributed by atoms with Crippen LogP contribution in [0.25, 0.3) is 0 Å². The molecule has 50 heavy (non-hydrogen) atoms. The van der Waals surface area contributed by atoms with E-state index in [1.54, 1.807) is 0 Å². The normalized spacial score (nSPS) is 14.8. The van der Waals surface area contributed by atoms with Crippen LogP contribution in [-0.2, 0) is 33.5 Å². The minimum absolute atomic E-state index is 0.131. The van der Waals surface area contributed by atoms with Crippen molar-refractivity contribution >= 4 is 5.97 Å². The highest BCUT2D eigenvalue weighted by Gasteiger charge is 2.28. The van der Waals surface area contributed by atoms with Gasteiger partial charge in [0.25, 0.3) is 0 Å². The van der Waals surface area contributed by atoms with Crippen molar-refractivity contribution in [3.8, 4) is 5.75 Å². The third kappa shape index (κ3) is 13.5. The van der Waals surface area contributed by atoms with Gasteiger partial charge < -0.3 is 18.9 Å². The van der Waals surface area contributed by atoms with E-state index in [-0.39, 0.29) is 18.3 Å². The van der Waals surface area contributed by atoms with E-state index in [9.17, 15) is 4.79 Å². The first-order valence-corrected chi connectivity index (χ1v) is 19.5. The summed E-state index contributed by atoms with van der Waals surface area (Å²) in [5.74, 6) is 0.655. The summed E-state index contributed by atoms with van der Waals surface area (Å²) >= 11 is 0. The maximum absolute atomic E-state index is 12.5. The van der Waals surface area contributed by atoms with Gasteiger partial charge in [-0.1, -0.05) is 74.4 Å². The van der Waals surface area contributed by atoms with Gasteiger partial charge in [-0.3, -0.25) is 4.90 Å². The van der Waals surface area contributed by atoms with Crippen LogP contribution in [0.15, 0.2) is 66.7 Å². The van der Waals surface area contributed by atoms with E-state index in [0.29, 0.717) is 18.9 Å². The molecule has 0 fully saturated rings. The van der Waals surface area contributed by atoms with Gasteiger partial charge in [-0.15, -0.1) is 0 Å². The van der Waals surface area contributed by atoms with Crippen LogP contribution in [0.4, 0.5) is 0 Å². The number of fused-ring (bicyclic) bond motifs is 1. The van der Waals surface area contributed by atoms with Gasteiger partial charge in [0.05, 0.1) is 13.2 Å². The summed E-state index contributed by atoms with van der Waals surface area (Å²) in [6.45, 7) is 10.5. The highest BCUT2D eigenvalue weighted by molar-refractivity contribution is 5.87. The van der Waals surface area contributed by atoms with E-state index in [2.05, 4.69) is 72.5 Å². The van der Waals surface area contributed by atoms with E-state index in [4.69, 9.17) is 23.9 Å². The van der Waals surface area contributed by atoms with E-state index in [1.165, 1.54) is 36.0 Å². The monoisotopic (exact) mass is 686 g/mol. The van der Waals surface area contributed by atoms with Crippen molar-refractivity contribution in [3.05, 3.63) is 94.8 Å². The second kappa shape index (κ2) is 23.3. The molecule has 0 aliphatic heterocycles. The lowest BCUT2D eigenvalue weighted by atomic mass is 9.89. The summed E-state index contributed by atoms with van der Waals surface area (Å²) < 4.78 is 23.7. The van der Waals surface area contributed by atoms with Crippen molar-refractivity contribution in [3.63, 3.8) is 0 Å². The lowest BCUT2D eigenvalue weighted by Crippen LogP contribution is -2.34. The smallest absolute Gasteiger partial charge is 0.356 e. The highest BCUT2D eigenvalue weighted by atomic mass is 16.7. The summed E-state index contributed by atoms with van der Waals surface area (Å²) in [5, 5.41) is 0. The fourth-order valence-corrected chi connectivity index (χ4v) is 6.90. The van der Waals surface area contributed by atoms with E-state index in [0.717, 1.165) is 108 Å². The van der Waals surface area contributed by atoms with Gasteiger partial charge in [0.2, 0.25) is 0 Å². The predicted molar refractivity (Wildman–Crippen MR) is 202 cm³/mol. The maximum Gasteiger partial charge on any atom is 0.356 e. The standard InChI is InChI=1S/C43H62N2O5/c1-4-7-17-34-50-42(47-5-2)27-15-16-31-45(40-25-19-24-38-37(40)28-29-39(44-38)43(46)48-6-3)32-30-36-23-13-14-26-41(36)49-33-18-9-12-22-35-20-10-8-11-21-35/h8,10-11,13-14,20-21,23,26,28-29,40,42H,4-7,9,12,15-19,22,24-25,27,30-34H2,1-3H3. The molecule has 0 saturated carbocycles. The topological polar surface area (TPSA) is 70.1 Å². The van der Waals surface area contributed by atoms with Gasteiger partial charge in [0.15, 0.2) is 6.29 Å². The Hall–Kier alpha value is -3.26. The Morgan fingerprint density at radius 2 is 1.62 bits per heavy atom. The third-order valence-electron chi connectivity index (χ3n) is 9.58. The van der Waals surface area contributed by atoms with Crippen molar-refractivity contribution in [2.75, 3.05) is 39.5 Å². The largest absolute Gasteiger partial charge is 0.493 e. The number of unbranched alkanes of at least 4 members (excludes halogenated alkanes) is 5. The number of aryl methyl sites for hydroxylation is 2. The quantitative estimate of drug-likeness (QED) is 0.0499. The Morgan fingerprint density at radius 3 is 2.44 bits per heavy atom. The van der Waals surface area contributed by atoms with Gasteiger partial charge in [-0.05, 0) is 126 Å². The zero-order chi connectivity index (χ0) is 35.2. The maximum atomic E-state index is 12.5. The molecule has 0 bridgehead atoms. The molecule has 4 rings (SSSR count). The molecule has 1 aliphatic carbocycles. The fourth-order valence-electron chi connectivity index (χ4n) is 6.90. The number of hydrogen-bond donors (Lipinski definition) is 0. The van der Waals surface area contributed by atoms with Crippen molar-refractivity contribution in [1.82, 2.24) is 9.88 Å². The van der Waals surface area contributed by atoms with Crippen molar-refractivity contribution in [2.24, 2.45) is 0 Å². The Balaban J connectivity index is 1.38. The summed E-state index contributed by atoms with van der Waals surface area (Å²) in [6, 6.07) is 23.5. The number of carbonyl (C=O) groups excluding carboxylic acids is 1. The SMILES string of the molecule is CCCCCOC(CCCCN(CCc1ccccc1OCCCCCc1ccccc1)C1CCCc2nc(C(=O)OCC)ccc21)OCC. The van der Waals surface area contributed by atoms with Crippen LogP contribution < -0.4 is 4.74 Å². The molecule has 1 heterocycles. The Bertz CT molecular complexity index is 1370. The van der Waals surface area contributed by atoms with Crippen molar-refractivity contribution < 1.29 is 23.7 Å². The lowest BCUT2D eigenvalue weighted by Gasteiger charge is -2.36. The number of carbonyl (C=O) groups is 1. The fraction of sp³-hybridized carbons (Fsp3) is 0.581. The molecule has 0 N–H and O–H groups in total. The molecule has 1 aromatic heterocycles. The summed E-state index contributed by atoms with van der Waals surface area (Å²) in [6.07, 6.45) is 14.8. The Kier molecular flexibility index (Phi) is 18.4. The molecule has 2 unspecified atom stereocenters. The number of ether oxygens (including phenoxy) is 4. The molecule has 2 aromatic carbocycles. The first kappa shape index (κ1) is 39.5. The number of pyridine rings is 1. The second-order valence-electron chi connectivity index (χ2n) is 13.4. The Labute approximate surface area is 302 Å². The molecule has 2 atom stereocenters. The molecular formula is C43H62N2O5. The minimum Gasteiger partial charge on any atom is -0.493 e. The summed E-state index contributed by atoms with van der Waals surface area (Å²) in [5.41, 5.74) is 5.35. The van der Waals surface area contributed by atoms with Gasteiger partial charge in [-0.2, -0.15) is 0 Å². The molecule has 0 spiro atoms. The van der Waals surface area contributed by atoms with Crippen LogP contribution in [0, 0.1) is 0 Å². The third-order valence-corrected chi connectivity index (χ3v) is 9.58. The summed E-state index contributed by atoms with van der Waals surface area (Å²) in [4.78, 5) is 19.9. The van der Waals surface area contributed by atoms with Crippen LogP contribution >= 0.6 is 0 Å².